The van der Waals surface area contributed by atoms with E-state index in [0.717, 1.165) is 28.9 Å². The minimum atomic E-state index is -3.94. The highest BCUT2D eigenvalue weighted by atomic mass is 32.2. The van der Waals surface area contributed by atoms with Gasteiger partial charge in [-0.3, -0.25) is 4.79 Å². The lowest BCUT2D eigenvalue weighted by atomic mass is 10.1. The zero-order chi connectivity index (χ0) is 19.8. The van der Waals surface area contributed by atoms with E-state index in [1.165, 1.54) is 0 Å². The van der Waals surface area contributed by atoms with E-state index in [9.17, 15) is 22.0 Å². The molecule has 2 aromatic carbocycles. The molecule has 1 fully saturated rings. The predicted octanol–water partition coefficient (Wildman–Crippen LogP) is 2.81. The Hall–Kier alpha value is -2.32. The highest BCUT2D eigenvalue weighted by Gasteiger charge is 2.35. The van der Waals surface area contributed by atoms with E-state index in [4.69, 9.17) is 0 Å². The van der Waals surface area contributed by atoms with Crippen molar-refractivity contribution in [2.45, 2.75) is 32.1 Å². The van der Waals surface area contributed by atoms with Gasteiger partial charge >= 0.3 is 0 Å². The predicted molar refractivity (Wildman–Crippen MR) is 98.8 cm³/mol. The largest absolute Gasteiger partial charge is 0.311 e. The summed E-state index contributed by atoms with van der Waals surface area (Å²) in [5.74, 6) is -2.64. The monoisotopic (exact) mass is 394 g/mol. The summed E-state index contributed by atoms with van der Waals surface area (Å²) in [7, 11) is -3.94. The molecule has 2 aromatic rings. The smallest absolute Gasteiger partial charge is 0.245 e. The number of hydrogen-bond donors (Lipinski definition) is 1. The molecule has 0 radical (unpaired) electrons. The third kappa shape index (κ3) is 4.51. The van der Waals surface area contributed by atoms with E-state index in [0.29, 0.717) is 19.0 Å². The lowest BCUT2D eigenvalue weighted by Crippen LogP contribution is -2.42. The highest BCUT2D eigenvalue weighted by molar-refractivity contribution is 7.88. The van der Waals surface area contributed by atoms with E-state index in [2.05, 4.69) is 4.72 Å². The normalized spacial score (nSPS) is 17.6. The van der Waals surface area contributed by atoms with E-state index in [1.807, 2.05) is 32.0 Å². The Labute approximate surface area is 157 Å². The molecule has 0 spiro atoms. The second-order valence-corrected chi connectivity index (χ2v) is 8.51. The Morgan fingerprint density at radius 3 is 2.37 bits per heavy atom. The summed E-state index contributed by atoms with van der Waals surface area (Å²) in [5, 5.41) is 0. The maximum Gasteiger partial charge on any atom is 0.245 e. The van der Waals surface area contributed by atoms with Gasteiger partial charge in [-0.05, 0) is 61.2 Å². The fourth-order valence-corrected chi connectivity index (χ4v) is 4.45. The van der Waals surface area contributed by atoms with Crippen molar-refractivity contribution >= 4 is 21.6 Å². The van der Waals surface area contributed by atoms with Gasteiger partial charge in [0.15, 0.2) is 0 Å². The van der Waals surface area contributed by atoms with Crippen molar-refractivity contribution in [3.8, 4) is 0 Å². The first kappa shape index (κ1) is 19.4. The fraction of sp³-hybridized carbons (Fsp3) is 0.316. The molecule has 8 heteroatoms. The van der Waals surface area contributed by atoms with Crippen molar-refractivity contribution in [1.82, 2.24) is 4.72 Å². The Morgan fingerprint density at radius 1 is 1.07 bits per heavy atom. The molecule has 3 rings (SSSR count). The number of rotatable bonds is 5. The first-order chi connectivity index (χ1) is 12.6. The molecule has 1 unspecified atom stereocenters. The summed E-state index contributed by atoms with van der Waals surface area (Å²) in [5.41, 5.74) is 2.84. The van der Waals surface area contributed by atoms with Gasteiger partial charge in [-0.15, -0.1) is 0 Å². The average Bonchev–Trinajstić information content (AvgIpc) is 2.89. The van der Waals surface area contributed by atoms with Crippen LogP contribution >= 0.6 is 0 Å². The average molecular weight is 394 g/mol. The summed E-state index contributed by atoms with van der Waals surface area (Å²) in [6.45, 7) is 4.30. The number of amides is 1. The fourth-order valence-electron chi connectivity index (χ4n) is 3.11. The van der Waals surface area contributed by atoms with Crippen LogP contribution in [0.4, 0.5) is 14.5 Å². The molecule has 5 nitrogen and oxygen atoms in total. The van der Waals surface area contributed by atoms with Crippen molar-refractivity contribution in [3.63, 3.8) is 0 Å². The molecule has 144 valence electrons. The second kappa shape index (κ2) is 7.36. The molecular formula is C19H20F2N2O3S. The van der Waals surface area contributed by atoms with Crippen LogP contribution in [0.15, 0.2) is 36.4 Å². The number of benzene rings is 2. The minimum absolute atomic E-state index is 0.0172. The maximum atomic E-state index is 13.3. The zero-order valence-corrected chi connectivity index (χ0v) is 15.8. The third-order valence-corrected chi connectivity index (χ3v) is 5.97. The quantitative estimate of drug-likeness (QED) is 0.848. The Balaban J connectivity index is 1.72. The molecule has 0 aliphatic carbocycles. The Bertz CT molecular complexity index is 972. The molecule has 1 heterocycles. The number of aryl methyl sites for hydroxylation is 2. The van der Waals surface area contributed by atoms with E-state index in [1.54, 1.807) is 4.90 Å². The number of nitrogens with one attached hydrogen (secondary N) is 1. The van der Waals surface area contributed by atoms with Crippen molar-refractivity contribution in [2.24, 2.45) is 0 Å². The summed E-state index contributed by atoms with van der Waals surface area (Å²) >= 11 is 0. The second-order valence-electron chi connectivity index (χ2n) is 6.75. The molecule has 1 amide bonds. The van der Waals surface area contributed by atoms with Crippen molar-refractivity contribution in [1.29, 1.82) is 0 Å². The van der Waals surface area contributed by atoms with Gasteiger partial charge in [0.1, 0.15) is 17.7 Å². The molecule has 27 heavy (non-hydrogen) atoms. The molecule has 1 aliphatic rings. The molecule has 1 aliphatic heterocycles. The lowest BCUT2D eigenvalue weighted by Gasteiger charge is -2.18. The van der Waals surface area contributed by atoms with Crippen LogP contribution < -0.4 is 9.62 Å². The van der Waals surface area contributed by atoms with Crippen LogP contribution in [0.1, 0.15) is 23.1 Å². The first-order valence-corrected chi connectivity index (χ1v) is 10.1. The number of halogens is 2. The number of hydrogen-bond acceptors (Lipinski definition) is 3. The van der Waals surface area contributed by atoms with Crippen LogP contribution in [0.25, 0.3) is 0 Å². The molecule has 0 saturated carbocycles. The standard InChI is InChI=1S/C19H20F2N2O3S/c1-12-3-4-17(7-13(12)2)23-6-5-18(19(23)24)22-27(25,26)11-14-8-15(20)10-16(21)9-14/h3-4,7-10,18,22H,5-6,11H2,1-2H3. The van der Waals surface area contributed by atoms with Crippen LogP contribution in [-0.2, 0) is 20.6 Å². The van der Waals surface area contributed by atoms with Crippen molar-refractivity contribution in [3.05, 3.63) is 64.7 Å². The summed E-state index contributed by atoms with van der Waals surface area (Å²) in [4.78, 5) is 14.2. The van der Waals surface area contributed by atoms with Gasteiger partial charge in [0.25, 0.3) is 0 Å². The minimum Gasteiger partial charge on any atom is -0.311 e. The van der Waals surface area contributed by atoms with Crippen LogP contribution in [0, 0.1) is 25.5 Å². The molecule has 0 bridgehead atoms. The van der Waals surface area contributed by atoms with Crippen molar-refractivity contribution in [2.75, 3.05) is 11.4 Å². The SMILES string of the molecule is Cc1ccc(N2CCC(NS(=O)(=O)Cc3cc(F)cc(F)c3)C2=O)cc1C. The maximum absolute atomic E-state index is 13.3. The van der Waals surface area contributed by atoms with Crippen LogP contribution in [0.5, 0.6) is 0 Å². The van der Waals surface area contributed by atoms with Gasteiger partial charge in [-0.1, -0.05) is 6.07 Å². The van der Waals surface area contributed by atoms with Crippen LogP contribution in [-0.4, -0.2) is 26.9 Å². The summed E-state index contributed by atoms with van der Waals surface area (Å²) < 4.78 is 53.5. The Morgan fingerprint density at radius 2 is 1.74 bits per heavy atom. The number of nitrogens with zero attached hydrogens (tertiary/aromatic N) is 1. The molecule has 1 atom stereocenters. The van der Waals surface area contributed by atoms with Crippen molar-refractivity contribution < 1.29 is 22.0 Å². The zero-order valence-electron chi connectivity index (χ0n) is 15.0. The Kier molecular flexibility index (Phi) is 5.30. The van der Waals surface area contributed by atoms with Gasteiger partial charge in [-0.25, -0.2) is 21.9 Å². The van der Waals surface area contributed by atoms with Crippen LogP contribution in [0.2, 0.25) is 0 Å². The molecule has 1 N–H and O–H groups in total. The number of carbonyl (C=O) groups excluding carboxylic acids is 1. The lowest BCUT2D eigenvalue weighted by molar-refractivity contribution is -0.118. The first-order valence-electron chi connectivity index (χ1n) is 8.48. The highest BCUT2D eigenvalue weighted by Crippen LogP contribution is 2.24. The summed E-state index contributed by atoms with van der Waals surface area (Å²) in [6.07, 6.45) is 0.322. The van der Waals surface area contributed by atoms with E-state index >= 15 is 0 Å². The number of anilines is 1. The van der Waals surface area contributed by atoms with Gasteiger partial charge in [-0.2, -0.15) is 0 Å². The number of sulfonamides is 1. The third-order valence-electron chi connectivity index (χ3n) is 4.61. The van der Waals surface area contributed by atoms with Gasteiger partial charge in [0.2, 0.25) is 15.9 Å². The molecule has 0 aromatic heterocycles. The molecule has 1 saturated heterocycles. The topological polar surface area (TPSA) is 66.5 Å². The van der Waals surface area contributed by atoms with Gasteiger partial charge < -0.3 is 4.90 Å². The molecular weight excluding hydrogens is 374 g/mol. The van der Waals surface area contributed by atoms with Gasteiger partial charge in [0.05, 0.1) is 5.75 Å². The number of carbonyl (C=O) groups is 1. The van der Waals surface area contributed by atoms with E-state index < -0.39 is 33.5 Å². The van der Waals surface area contributed by atoms with Gasteiger partial charge in [0, 0.05) is 18.3 Å². The van der Waals surface area contributed by atoms with Crippen LogP contribution in [0.3, 0.4) is 0 Å². The summed E-state index contributed by atoms with van der Waals surface area (Å²) in [6, 6.07) is 7.32. The van der Waals surface area contributed by atoms with E-state index in [-0.39, 0.29) is 11.5 Å².